The first-order valence-electron chi connectivity index (χ1n) is 18.7. The number of fused-ring (bicyclic) bond motifs is 6. The summed E-state index contributed by atoms with van der Waals surface area (Å²) in [7, 11) is 0. The van der Waals surface area contributed by atoms with Gasteiger partial charge in [-0.25, -0.2) is 15.0 Å². The monoisotopic (exact) mass is 749 g/mol. The van der Waals surface area contributed by atoms with Gasteiger partial charge in [0.05, 0.1) is 0 Å². The van der Waals surface area contributed by atoms with Crippen molar-refractivity contribution < 1.29 is 0 Å². The second-order valence-electron chi connectivity index (χ2n) is 14.0. The molecule has 56 heavy (non-hydrogen) atoms. The Morgan fingerprint density at radius 1 is 0.250 bits per heavy atom. The molecular weight excluding hydrogens is 719 g/mol. The third-order valence-electron chi connectivity index (χ3n) is 10.6. The van der Waals surface area contributed by atoms with Crippen LogP contribution in [0.1, 0.15) is 0 Å². The molecule has 0 aliphatic rings. The summed E-state index contributed by atoms with van der Waals surface area (Å²) in [6.07, 6.45) is 0. The van der Waals surface area contributed by atoms with Crippen molar-refractivity contribution >= 4 is 63.0 Å². The standard InChI is InChI=1S/C51H31N3S2/c1-3-11-32(12-4-1)33-19-21-35(22-20-33)50-52-49(34-13-5-2-6-14-34)53-51(54-50)38-25-28-44-43-27-24-37(30-47(43)56-48(44)31-38)40-16-8-7-15-39(40)36-23-26-42-41-17-9-10-18-45(41)55-46(42)29-36/h1-31H. The fraction of sp³-hybridized carbons (Fsp3) is 0. The van der Waals surface area contributed by atoms with Gasteiger partial charge in [0.2, 0.25) is 0 Å². The number of hydrogen-bond acceptors (Lipinski definition) is 5. The van der Waals surface area contributed by atoms with E-state index in [2.05, 4.69) is 164 Å². The largest absolute Gasteiger partial charge is 0.208 e. The Morgan fingerprint density at radius 2 is 0.607 bits per heavy atom. The van der Waals surface area contributed by atoms with Crippen LogP contribution in [0.3, 0.4) is 0 Å². The highest BCUT2D eigenvalue weighted by Crippen LogP contribution is 2.42. The van der Waals surface area contributed by atoms with E-state index in [0.717, 1.165) is 22.3 Å². The molecule has 0 bridgehead atoms. The number of thiophene rings is 2. The van der Waals surface area contributed by atoms with Gasteiger partial charge in [0.15, 0.2) is 17.5 Å². The lowest BCUT2D eigenvalue weighted by Crippen LogP contribution is -2.00. The van der Waals surface area contributed by atoms with Crippen molar-refractivity contribution in [3.63, 3.8) is 0 Å². The van der Waals surface area contributed by atoms with Crippen LogP contribution >= 0.6 is 22.7 Å². The van der Waals surface area contributed by atoms with Gasteiger partial charge in [-0.05, 0) is 57.6 Å². The number of rotatable bonds is 6. The lowest BCUT2D eigenvalue weighted by Gasteiger charge is -2.11. The Bertz CT molecular complexity index is 3240. The van der Waals surface area contributed by atoms with Crippen LogP contribution in [-0.4, -0.2) is 15.0 Å². The van der Waals surface area contributed by atoms with Gasteiger partial charge >= 0.3 is 0 Å². The van der Waals surface area contributed by atoms with E-state index in [1.807, 2.05) is 46.9 Å². The molecule has 0 saturated carbocycles. The minimum absolute atomic E-state index is 0.653. The Kier molecular flexibility index (Phi) is 7.87. The average molecular weight is 750 g/mol. The maximum atomic E-state index is 5.07. The minimum Gasteiger partial charge on any atom is -0.208 e. The molecule has 0 radical (unpaired) electrons. The van der Waals surface area contributed by atoms with E-state index in [9.17, 15) is 0 Å². The molecule has 11 rings (SSSR count). The molecule has 8 aromatic carbocycles. The lowest BCUT2D eigenvalue weighted by molar-refractivity contribution is 1.07. The normalized spacial score (nSPS) is 11.6. The van der Waals surface area contributed by atoms with Gasteiger partial charge < -0.3 is 0 Å². The Balaban J connectivity index is 0.976. The molecule has 0 aliphatic carbocycles. The highest BCUT2D eigenvalue weighted by atomic mass is 32.1. The first-order valence-corrected chi connectivity index (χ1v) is 20.3. The molecule has 3 heterocycles. The molecule has 3 aromatic heterocycles. The molecule has 0 aliphatic heterocycles. The van der Waals surface area contributed by atoms with E-state index >= 15 is 0 Å². The Hall–Kier alpha value is -6.79. The van der Waals surface area contributed by atoms with Gasteiger partial charge in [-0.1, -0.05) is 164 Å². The molecule has 0 N–H and O–H groups in total. The van der Waals surface area contributed by atoms with Crippen molar-refractivity contribution in [1.29, 1.82) is 0 Å². The van der Waals surface area contributed by atoms with Crippen LogP contribution in [-0.2, 0) is 0 Å². The summed E-state index contributed by atoms with van der Waals surface area (Å²) in [5.41, 5.74) is 10.1. The van der Waals surface area contributed by atoms with E-state index in [4.69, 9.17) is 15.0 Å². The zero-order valence-electron chi connectivity index (χ0n) is 30.1. The first kappa shape index (κ1) is 32.6. The predicted molar refractivity (Wildman–Crippen MR) is 238 cm³/mol. The smallest absolute Gasteiger partial charge is 0.164 e. The van der Waals surface area contributed by atoms with Gasteiger partial charge in [0, 0.05) is 57.0 Å². The molecule has 11 aromatic rings. The summed E-state index contributed by atoms with van der Waals surface area (Å²) in [6, 6.07) is 66.9. The summed E-state index contributed by atoms with van der Waals surface area (Å²) in [5, 5.41) is 5.13. The number of nitrogens with zero attached hydrogens (tertiary/aromatic N) is 3. The van der Waals surface area contributed by atoms with Crippen molar-refractivity contribution in [1.82, 2.24) is 15.0 Å². The number of benzene rings is 8. The zero-order valence-corrected chi connectivity index (χ0v) is 31.7. The summed E-state index contributed by atoms with van der Waals surface area (Å²) < 4.78 is 5.10. The average Bonchev–Trinajstić information content (AvgIpc) is 3.84. The SMILES string of the molecule is c1ccc(-c2ccc(-c3nc(-c4ccccc4)nc(-c4ccc5c(c4)sc4cc(-c6ccccc6-c6ccc7c(c6)sc6ccccc67)ccc45)n3)cc2)cc1. The fourth-order valence-electron chi connectivity index (χ4n) is 7.76. The first-order chi connectivity index (χ1) is 27.7. The van der Waals surface area contributed by atoms with Gasteiger partial charge in [0.1, 0.15) is 0 Å². The van der Waals surface area contributed by atoms with Crippen LogP contribution in [0.15, 0.2) is 188 Å². The quantitative estimate of drug-likeness (QED) is 0.170. The van der Waals surface area contributed by atoms with Crippen molar-refractivity contribution in [2.45, 2.75) is 0 Å². The van der Waals surface area contributed by atoms with Gasteiger partial charge in [-0.3, -0.25) is 0 Å². The van der Waals surface area contributed by atoms with Crippen molar-refractivity contribution in [3.8, 4) is 67.5 Å². The summed E-state index contributed by atoms with van der Waals surface area (Å²) in [4.78, 5) is 15.1. The van der Waals surface area contributed by atoms with E-state index in [1.54, 1.807) is 0 Å². The minimum atomic E-state index is 0.653. The van der Waals surface area contributed by atoms with E-state index < -0.39 is 0 Å². The molecule has 0 atom stereocenters. The predicted octanol–water partition coefficient (Wildman–Crippen LogP) is 14.6. The van der Waals surface area contributed by atoms with Gasteiger partial charge in [-0.15, -0.1) is 22.7 Å². The van der Waals surface area contributed by atoms with E-state index in [-0.39, 0.29) is 0 Å². The second kappa shape index (κ2) is 13.5. The Labute approximate surface area is 331 Å². The van der Waals surface area contributed by atoms with Crippen LogP contribution in [0.4, 0.5) is 0 Å². The number of aromatic nitrogens is 3. The topological polar surface area (TPSA) is 38.7 Å². The van der Waals surface area contributed by atoms with Gasteiger partial charge in [-0.2, -0.15) is 0 Å². The molecule has 5 heteroatoms. The van der Waals surface area contributed by atoms with Crippen LogP contribution < -0.4 is 0 Å². The molecule has 262 valence electrons. The summed E-state index contributed by atoms with van der Waals surface area (Å²) in [6.45, 7) is 0. The van der Waals surface area contributed by atoms with Crippen LogP contribution in [0.5, 0.6) is 0 Å². The molecule has 0 spiro atoms. The zero-order chi connectivity index (χ0) is 37.0. The van der Waals surface area contributed by atoms with Crippen LogP contribution in [0, 0.1) is 0 Å². The van der Waals surface area contributed by atoms with Gasteiger partial charge in [0.25, 0.3) is 0 Å². The maximum absolute atomic E-state index is 5.07. The molecule has 3 nitrogen and oxygen atoms in total. The number of hydrogen-bond donors (Lipinski definition) is 0. The van der Waals surface area contributed by atoms with Crippen molar-refractivity contribution in [2.75, 3.05) is 0 Å². The molecular formula is C51H31N3S2. The van der Waals surface area contributed by atoms with Crippen LogP contribution in [0.2, 0.25) is 0 Å². The fourth-order valence-corrected chi connectivity index (χ4v) is 10.1. The van der Waals surface area contributed by atoms with Crippen molar-refractivity contribution in [2.24, 2.45) is 0 Å². The lowest BCUT2D eigenvalue weighted by atomic mass is 9.93. The maximum Gasteiger partial charge on any atom is 0.164 e. The van der Waals surface area contributed by atoms with E-state index in [1.165, 1.54) is 68.2 Å². The van der Waals surface area contributed by atoms with Crippen LogP contribution in [0.25, 0.3) is 108 Å². The molecule has 0 saturated heterocycles. The summed E-state index contributed by atoms with van der Waals surface area (Å²) >= 11 is 3.68. The third-order valence-corrected chi connectivity index (χ3v) is 12.8. The molecule has 0 fully saturated rings. The van der Waals surface area contributed by atoms with E-state index in [0.29, 0.717) is 17.5 Å². The Morgan fingerprint density at radius 3 is 1.20 bits per heavy atom. The molecule has 0 amide bonds. The summed E-state index contributed by atoms with van der Waals surface area (Å²) in [5.74, 6) is 1.97. The highest BCUT2D eigenvalue weighted by Gasteiger charge is 2.16. The highest BCUT2D eigenvalue weighted by molar-refractivity contribution is 7.26. The van der Waals surface area contributed by atoms with Crippen molar-refractivity contribution in [3.05, 3.63) is 188 Å². The third kappa shape index (κ3) is 5.77. The second-order valence-corrected chi connectivity index (χ2v) is 16.2. The molecule has 0 unspecified atom stereocenters.